The lowest BCUT2D eigenvalue weighted by Crippen LogP contribution is -2.63. The van der Waals surface area contributed by atoms with Crippen LogP contribution in [0.5, 0.6) is 0 Å². The van der Waals surface area contributed by atoms with Gasteiger partial charge < -0.3 is 4.90 Å². The first-order valence-corrected chi connectivity index (χ1v) is 9.01. The van der Waals surface area contributed by atoms with Gasteiger partial charge in [0.05, 0.1) is 0 Å². The first kappa shape index (κ1) is 14.5. The van der Waals surface area contributed by atoms with Crippen molar-refractivity contribution in [3.63, 3.8) is 0 Å². The Morgan fingerprint density at radius 2 is 1.77 bits per heavy atom. The molecule has 3 fully saturated rings. The van der Waals surface area contributed by atoms with Gasteiger partial charge in [-0.15, -0.1) is 0 Å². The van der Waals surface area contributed by atoms with E-state index in [0.29, 0.717) is 0 Å². The fraction of sp³-hybridized carbons (Fsp3) is 0.722. The van der Waals surface area contributed by atoms with Crippen molar-refractivity contribution in [1.29, 1.82) is 0 Å². The Bertz CT molecular complexity index is 457. The Balaban J connectivity index is 1.20. The van der Waals surface area contributed by atoms with E-state index < -0.39 is 0 Å². The van der Waals surface area contributed by atoms with Gasteiger partial charge in [-0.3, -0.25) is 9.80 Å². The highest BCUT2D eigenvalue weighted by Gasteiger charge is 2.34. The monoisotopic (exact) mass is 300 g/mol. The summed E-state index contributed by atoms with van der Waals surface area (Å²) in [4.78, 5) is 12.3. The highest BCUT2D eigenvalue weighted by molar-refractivity contribution is 5.38. The lowest BCUT2D eigenvalue weighted by Gasteiger charge is -2.49. The second-order valence-electron chi connectivity index (χ2n) is 7.23. The van der Waals surface area contributed by atoms with Gasteiger partial charge in [-0.25, -0.2) is 4.98 Å². The molecule has 0 radical (unpaired) electrons. The van der Waals surface area contributed by atoms with Crippen LogP contribution in [0.4, 0.5) is 5.82 Å². The molecular formula is C18H28N4. The van der Waals surface area contributed by atoms with Gasteiger partial charge in [0.1, 0.15) is 5.82 Å². The number of hydrogen-bond donors (Lipinski definition) is 0. The van der Waals surface area contributed by atoms with E-state index in [0.717, 1.165) is 30.9 Å². The van der Waals surface area contributed by atoms with E-state index >= 15 is 0 Å². The molecular weight excluding hydrogens is 272 g/mol. The predicted octanol–water partition coefficient (Wildman–Crippen LogP) is 2.08. The quantitative estimate of drug-likeness (QED) is 0.849. The summed E-state index contributed by atoms with van der Waals surface area (Å²) in [6.45, 7) is 8.61. The van der Waals surface area contributed by atoms with Gasteiger partial charge in [-0.05, 0) is 30.9 Å². The maximum Gasteiger partial charge on any atom is 0.128 e. The molecule has 3 heterocycles. The van der Waals surface area contributed by atoms with E-state index in [1.165, 1.54) is 58.4 Å². The zero-order valence-corrected chi connectivity index (χ0v) is 13.5. The minimum absolute atomic E-state index is 0.812. The van der Waals surface area contributed by atoms with E-state index in [4.69, 9.17) is 0 Å². The number of piperazine rings is 1. The number of aromatic nitrogens is 1. The molecule has 0 aromatic carbocycles. The Kier molecular flexibility index (Phi) is 4.30. The highest BCUT2D eigenvalue weighted by Crippen LogP contribution is 2.28. The van der Waals surface area contributed by atoms with Crippen molar-refractivity contribution in [2.75, 3.05) is 50.7 Å². The molecule has 22 heavy (non-hydrogen) atoms. The SMILES string of the molecule is c1ccc(N2CCN(C3CN(CC4CCCC4)C3)CC2)nc1. The van der Waals surface area contributed by atoms with E-state index in [9.17, 15) is 0 Å². The summed E-state index contributed by atoms with van der Waals surface area (Å²) in [6.07, 6.45) is 7.79. The minimum atomic E-state index is 0.812. The number of rotatable bonds is 4. The molecule has 1 aliphatic carbocycles. The summed E-state index contributed by atoms with van der Waals surface area (Å²) in [5.41, 5.74) is 0. The molecule has 3 aliphatic rings. The predicted molar refractivity (Wildman–Crippen MR) is 90.2 cm³/mol. The molecule has 4 heteroatoms. The van der Waals surface area contributed by atoms with Crippen molar-refractivity contribution in [1.82, 2.24) is 14.8 Å². The molecule has 2 aliphatic heterocycles. The second-order valence-corrected chi connectivity index (χ2v) is 7.23. The van der Waals surface area contributed by atoms with Gasteiger partial charge >= 0.3 is 0 Å². The van der Waals surface area contributed by atoms with Crippen LogP contribution in [0.15, 0.2) is 24.4 Å². The molecule has 1 aromatic rings. The van der Waals surface area contributed by atoms with Gasteiger partial charge in [0, 0.05) is 58.1 Å². The molecule has 1 saturated carbocycles. The van der Waals surface area contributed by atoms with Crippen LogP contribution in [0.25, 0.3) is 0 Å². The van der Waals surface area contributed by atoms with Crippen molar-refractivity contribution in [2.45, 2.75) is 31.7 Å². The van der Waals surface area contributed by atoms with Gasteiger partial charge in [-0.2, -0.15) is 0 Å². The van der Waals surface area contributed by atoms with Gasteiger partial charge in [0.25, 0.3) is 0 Å². The third-order valence-electron chi connectivity index (χ3n) is 5.73. The van der Waals surface area contributed by atoms with Crippen molar-refractivity contribution in [2.24, 2.45) is 5.92 Å². The van der Waals surface area contributed by atoms with Gasteiger partial charge in [-0.1, -0.05) is 18.9 Å². The highest BCUT2D eigenvalue weighted by atomic mass is 15.4. The molecule has 0 N–H and O–H groups in total. The number of nitrogens with zero attached hydrogens (tertiary/aromatic N) is 4. The summed E-state index contributed by atoms with van der Waals surface area (Å²) in [7, 11) is 0. The Labute approximate surface area is 134 Å². The van der Waals surface area contributed by atoms with E-state index in [2.05, 4.69) is 31.8 Å². The molecule has 0 bridgehead atoms. The summed E-state index contributed by atoms with van der Waals surface area (Å²) in [6, 6.07) is 7.02. The summed E-state index contributed by atoms with van der Waals surface area (Å²) in [5.74, 6) is 2.14. The number of likely N-dealkylation sites (tertiary alicyclic amines) is 1. The van der Waals surface area contributed by atoms with Crippen LogP contribution >= 0.6 is 0 Å². The minimum Gasteiger partial charge on any atom is -0.354 e. The van der Waals surface area contributed by atoms with Crippen LogP contribution < -0.4 is 4.90 Å². The van der Waals surface area contributed by atoms with Crippen molar-refractivity contribution < 1.29 is 0 Å². The Morgan fingerprint density at radius 3 is 2.45 bits per heavy atom. The number of anilines is 1. The van der Waals surface area contributed by atoms with Crippen LogP contribution in [0.1, 0.15) is 25.7 Å². The fourth-order valence-corrected chi connectivity index (χ4v) is 4.34. The van der Waals surface area contributed by atoms with Crippen LogP contribution in [0.2, 0.25) is 0 Å². The first-order valence-electron chi connectivity index (χ1n) is 9.01. The van der Waals surface area contributed by atoms with Crippen molar-refractivity contribution in [3.8, 4) is 0 Å². The van der Waals surface area contributed by atoms with Gasteiger partial charge in [0.15, 0.2) is 0 Å². The molecule has 4 rings (SSSR count). The average molecular weight is 300 g/mol. The number of pyridine rings is 1. The van der Waals surface area contributed by atoms with Crippen molar-refractivity contribution in [3.05, 3.63) is 24.4 Å². The topological polar surface area (TPSA) is 22.6 Å². The molecule has 120 valence electrons. The average Bonchev–Trinajstić information content (AvgIpc) is 3.05. The molecule has 0 amide bonds. The first-order chi connectivity index (χ1) is 10.9. The maximum absolute atomic E-state index is 4.48. The van der Waals surface area contributed by atoms with E-state index in [1.807, 2.05) is 12.3 Å². The fourth-order valence-electron chi connectivity index (χ4n) is 4.34. The second kappa shape index (κ2) is 6.55. The summed E-state index contributed by atoms with van der Waals surface area (Å²) < 4.78 is 0. The Hall–Kier alpha value is -1.13. The standard InChI is InChI=1S/C18H28N4/c1-2-6-16(5-1)13-20-14-17(15-20)21-9-11-22(12-10-21)18-7-3-4-8-19-18/h3-4,7-8,16-17H,1-2,5-6,9-15H2. The van der Waals surface area contributed by atoms with Crippen LogP contribution in [-0.4, -0.2) is 66.6 Å². The normalized spacial score (nSPS) is 25.5. The molecule has 0 atom stereocenters. The molecule has 1 aromatic heterocycles. The van der Waals surface area contributed by atoms with Crippen molar-refractivity contribution >= 4 is 5.82 Å². The number of hydrogen-bond acceptors (Lipinski definition) is 4. The smallest absolute Gasteiger partial charge is 0.128 e. The molecule has 4 nitrogen and oxygen atoms in total. The van der Waals surface area contributed by atoms with Gasteiger partial charge in [0.2, 0.25) is 0 Å². The lowest BCUT2D eigenvalue weighted by atomic mass is 10.0. The third-order valence-corrected chi connectivity index (χ3v) is 5.73. The third kappa shape index (κ3) is 3.13. The zero-order chi connectivity index (χ0) is 14.8. The Morgan fingerprint density at radius 1 is 1.00 bits per heavy atom. The summed E-state index contributed by atoms with van der Waals surface area (Å²) >= 11 is 0. The largest absolute Gasteiger partial charge is 0.354 e. The summed E-state index contributed by atoms with van der Waals surface area (Å²) in [5, 5.41) is 0. The van der Waals surface area contributed by atoms with E-state index in [1.54, 1.807) is 0 Å². The molecule has 2 saturated heterocycles. The maximum atomic E-state index is 4.48. The van der Waals surface area contributed by atoms with Crippen LogP contribution in [-0.2, 0) is 0 Å². The lowest BCUT2D eigenvalue weighted by molar-refractivity contribution is 0.0215. The molecule has 0 unspecified atom stereocenters. The van der Waals surface area contributed by atoms with Crippen LogP contribution in [0.3, 0.4) is 0 Å². The van der Waals surface area contributed by atoms with E-state index in [-0.39, 0.29) is 0 Å². The zero-order valence-electron chi connectivity index (χ0n) is 13.5. The van der Waals surface area contributed by atoms with Crippen LogP contribution in [0, 0.1) is 5.92 Å². The molecule has 0 spiro atoms.